The number of oxime groups is 1. The van der Waals surface area contributed by atoms with Crippen LogP contribution in [0.4, 0.5) is 4.79 Å². The van der Waals surface area contributed by atoms with E-state index in [1.54, 1.807) is 19.2 Å². The Morgan fingerprint density at radius 2 is 1.90 bits per heavy atom. The second-order valence-corrected chi connectivity index (χ2v) is 12.9. The maximum absolute atomic E-state index is 11.3. The normalized spacial score (nSPS) is 13.2. The number of hydrogen-bond acceptors (Lipinski definition) is 6. The number of benzene rings is 1. The van der Waals surface area contributed by atoms with Crippen molar-refractivity contribution in [1.82, 2.24) is 0 Å². The molecule has 1 atom stereocenters. The Morgan fingerprint density at radius 3 is 2.38 bits per heavy atom. The molecule has 0 fully saturated rings. The van der Waals surface area contributed by atoms with Crippen molar-refractivity contribution in [2.24, 2.45) is 10.9 Å². The zero-order valence-corrected chi connectivity index (χ0v) is 19.1. The Hall–Kier alpha value is -2.50. The molecule has 0 aliphatic carbocycles. The summed E-state index contributed by atoms with van der Waals surface area (Å²) in [6, 6.07) is 7.23. The van der Waals surface area contributed by atoms with Crippen LogP contribution >= 0.6 is 0 Å². The first-order chi connectivity index (χ1) is 13.5. The van der Waals surface area contributed by atoms with Crippen molar-refractivity contribution in [2.45, 2.75) is 57.8 Å². The van der Waals surface area contributed by atoms with Crippen LogP contribution in [-0.2, 0) is 15.6 Å². The first-order valence-corrected chi connectivity index (χ1v) is 12.3. The molecule has 0 saturated heterocycles. The molecule has 1 unspecified atom stereocenters. The SMILES string of the molecule is COc1ccc(CC(OC(N)=O)C(C#CCCO[Si](C)(C)C(C)(C)C)=NO)cc1. The number of nitrogens with two attached hydrogens (primary N) is 1. The molecule has 0 saturated carbocycles. The van der Waals surface area contributed by atoms with Crippen molar-refractivity contribution in [3.8, 4) is 17.6 Å². The van der Waals surface area contributed by atoms with Gasteiger partial charge < -0.3 is 24.8 Å². The molecule has 29 heavy (non-hydrogen) atoms. The predicted octanol–water partition coefficient (Wildman–Crippen LogP) is 3.95. The van der Waals surface area contributed by atoms with Crippen LogP contribution < -0.4 is 10.5 Å². The molecular weight excluding hydrogens is 388 g/mol. The minimum atomic E-state index is -1.84. The number of rotatable bonds is 8. The van der Waals surface area contributed by atoms with Gasteiger partial charge in [-0.25, -0.2) is 4.79 Å². The number of carbonyl (C=O) groups excluding carboxylic acids is 1. The van der Waals surface area contributed by atoms with Crippen LogP contribution in [0.1, 0.15) is 32.8 Å². The van der Waals surface area contributed by atoms with Crippen molar-refractivity contribution in [1.29, 1.82) is 0 Å². The average Bonchev–Trinajstić information content (AvgIpc) is 2.63. The molecule has 1 aromatic carbocycles. The van der Waals surface area contributed by atoms with E-state index in [0.29, 0.717) is 18.8 Å². The largest absolute Gasteiger partial charge is 0.497 e. The Kier molecular flexibility index (Phi) is 9.21. The zero-order chi connectivity index (χ0) is 22.1. The Balaban J connectivity index is 2.79. The number of carbonyl (C=O) groups is 1. The smallest absolute Gasteiger partial charge is 0.405 e. The summed E-state index contributed by atoms with van der Waals surface area (Å²) in [7, 11) is -0.258. The van der Waals surface area contributed by atoms with Gasteiger partial charge in [-0.15, -0.1) is 0 Å². The van der Waals surface area contributed by atoms with Gasteiger partial charge in [-0.2, -0.15) is 0 Å². The Labute approximate surface area is 174 Å². The van der Waals surface area contributed by atoms with Crippen molar-refractivity contribution < 1.29 is 23.9 Å². The van der Waals surface area contributed by atoms with Crippen LogP contribution in [-0.4, -0.2) is 45.2 Å². The van der Waals surface area contributed by atoms with E-state index in [4.69, 9.17) is 19.6 Å². The fraction of sp³-hybridized carbons (Fsp3) is 0.524. The van der Waals surface area contributed by atoms with Crippen LogP contribution in [0.3, 0.4) is 0 Å². The average molecular weight is 421 g/mol. The van der Waals surface area contributed by atoms with Gasteiger partial charge in [-0.1, -0.05) is 44.0 Å². The zero-order valence-electron chi connectivity index (χ0n) is 18.1. The van der Waals surface area contributed by atoms with E-state index >= 15 is 0 Å². The minimum absolute atomic E-state index is 0.0342. The molecule has 0 aliphatic heterocycles. The summed E-state index contributed by atoms with van der Waals surface area (Å²) in [5.41, 5.74) is 6.05. The highest BCUT2D eigenvalue weighted by molar-refractivity contribution is 6.74. The van der Waals surface area contributed by atoms with E-state index in [1.807, 2.05) is 12.1 Å². The fourth-order valence-corrected chi connectivity index (χ4v) is 3.25. The van der Waals surface area contributed by atoms with Crippen molar-refractivity contribution in [3.05, 3.63) is 29.8 Å². The highest BCUT2D eigenvalue weighted by atomic mass is 28.4. The number of methoxy groups -OCH3 is 1. The van der Waals surface area contributed by atoms with Gasteiger partial charge in [0.25, 0.3) is 0 Å². The van der Waals surface area contributed by atoms with Gasteiger partial charge in [0.1, 0.15) is 5.75 Å². The fourth-order valence-electron chi connectivity index (χ4n) is 2.21. The van der Waals surface area contributed by atoms with E-state index in [0.717, 1.165) is 5.56 Å². The lowest BCUT2D eigenvalue weighted by Gasteiger charge is -2.35. The molecule has 0 aromatic heterocycles. The first kappa shape index (κ1) is 24.5. The number of amides is 1. The van der Waals surface area contributed by atoms with Crippen LogP contribution in [0, 0.1) is 11.8 Å². The van der Waals surface area contributed by atoms with E-state index in [9.17, 15) is 10.0 Å². The molecule has 0 bridgehead atoms. The van der Waals surface area contributed by atoms with Gasteiger partial charge >= 0.3 is 6.09 Å². The van der Waals surface area contributed by atoms with E-state index in [1.165, 1.54) is 0 Å². The molecule has 160 valence electrons. The second kappa shape index (κ2) is 10.9. The monoisotopic (exact) mass is 420 g/mol. The molecule has 0 radical (unpaired) electrons. The van der Waals surface area contributed by atoms with Gasteiger partial charge in [0.15, 0.2) is 20.1 Å². The highest BCUT2D eigenvalue weighted by Crippen LogP contribution is 2.36. The molecule has 7 nitrogen and oxygen atoms in total. The van der Waals surface area contributed by atoms with Crippen LogP contribution in [0.5, 0.6) is 5.75 Å². The van der Waals surface area contributed by atoms with Gasteiger partial charge in [0.05, 0.1) is 7.11 Å². The Bertz CT molecular complexity index is 758. The van der Waals surface area contributed by atoms with Gasteiger partial charge in [0, 0.05) is 19.4 Å². The van der Waals surface area contributed by atoms with E-state index in [-0.39, 0.29) is 17.2 Å². The number of ether oxygens (including phenoxy) is 2. The van der Waals surface area contributed by atoms with Gasteiger partial charge in [-0.3, -0.25) is 0 Å². The summed E-state index contributed by atoms with van der Waals surface area (Å²) in [6.07, 6.45) is -1.12. The van der Waals surface area contributed by atoms with Crippen molar-refractivity contribution in [3.63, 3.8) is 0 Å². The number of nitrogens with zero attached hydrogens (tertiary/aromatic N) is 1. The summed E-state index contributed by atoms with van der Waals surface area (Å²) in [5.74, 6) is 6.40. The van der Waals surface area contributed by atoms with Crippen LogP contribution in [0.25, 0.3) is 0 Å². The van der Waals surface area contributed by atoms with Crippen molar-refractivity contribution >= 4 is 20.1 Å². The van der Waals surface area contributed by atoms with Gasteiger partial charge in [-0.05, 0) is 41.7 Å². The molecule has 1 amide bonds. The molecule has 3 N–H and O–H groups in total. The van der Waals surface area contributed by atoms with Crippen molar-refractivity contribution in [2.75, 3.05) is 13.7 Å². The van der Waals surface area contributed by atoms with E-state index < -0.39 is 20.5 Å². The van der Waals surface area contributed by atoms with Gasteiger partial charge in [0.2, 0.25) is 0 Å². The molecule has 1 aromatic rings. The first-order valence-electron chi connectivity index (χ1n) is 9.44. The lowest BCUT2D eigenvalue weighted by atomic mass is 10.0. The number of primary amides is 1. The second-order valence-electron chi connectivity index (χ2n) is 8.12. The maximum atomic E-state index is 11.3. The van der Waals surface area contributed by atoms with Crippen LogP contribution in [0.2, 0.25) is 18.1 Å². The summed E-state index contributed by atoms with van der Waals surface area (Å²) < 4.78 is 16.3. The van der Waals surface area contributed by atoms with Crippen LogP contribution in [0.15, 0.2) is 29.4 Å². The number of hydrogen-bond donors (Lipinski definition) is 2. The molecular formula is C21H32N2O5Si. The molecule has 8 heteroatoms. The minimum Gasteiger partial charge on any atom is -0.497 e. The third-order valence-electron chi connectivity index (χ3n) is 4.96. The summed E-state index contributed by atoms with van der Waals surface area (Å²) in [4.78, 5) is 11.3. The molecule has 0 spiro atoms. The standard InChI is InChI=1S/C21H32N2O5Si/c1-21(2,3)29(5,6)27-14-8-7-9-18(23-25)19(28-20(22)24)15-16-10-12-17(26-4)13-11-16/h10-13,19,25H,8,14-15H2,1-6H3,(H2,22,24). The lowest BCUT2D eigenvalue weighted by molar-refractivity contribution is 0.136. The summed E-state index contributed by atoms with van der Waals surface area (Å²) >= 11 is 0. The Morgan fingerprint density at radius 1 is 1.28 bits per heavy atom. The third kappa shape index (κ3) is 8.17. The topological polar surface area (TPSA) is 103 Å². The summed E-state index contributed by atoms with van der Waals surface area (Å²) in [6.45, 7) is 11.4. The predicted molar refractivity (Wildman–Crippen MR) is 116 cm³/mol. The third-order valence-corrected chi connectivity index (χ3v) is 9.50. The summed E-state index contributed by atoms with van der Waals surface area (Å²) in [5, 5.41) is 12.7. The molecule has 1 rings (SSSR count). The maximum Gasteiger partial charge on any atom is 0.405 e. The lowest BCUT2D eigenvalue weighted by Crippen LogP contribution is -2.40. The molecule has 0 aliphatic rings. The highest BCUT2D eigenvalue weighted by Gasteiger charge is 2.36. The molecule has 0 heterocycles. The quantitative estimate of drug-likeness (QED) is 0.165. The van der Waals surface area contributed by atoms with E-state index in [2.05, 4.69) is 50.9 Å².